The Balaban J connectivity index is 1.54. The van der Waals surface area contributed by atoms with Crippen LogP contribution in [0.3, 0.4) is 0 Å². The first-order valence-electron chi connectivity index (χ1n) is 13.3. The molecule has 0 N–H and O–H groups in total. The van der Waals surface area contributed by atoms with Crippen molar-refractivity contribution in [2.24, 2.45) is 5.92 Å². The Bertz CT molecular complexity index is 1140. The molecule has 37 heavy (non-hydrogen) atoms. The van der Waals surface area contributed by atoms with E-state index in [0.29, 0.717) is 24.7 Å². The Morgan fingerprint density at radius 2 is 1.38 bits per heavy atom. The number of hydrogen-bond acceptors (Lipinski definition) is 2. The SMILES string of the molecule is CCCC1CCC(c2ccc(-c3cc(F)c(-c4ccc(C(COC)COC)cc4)c(F)c3)c(F)c2)CC1. The van der Waals surface area contributed by atoms with Crippen LogP contribution in [0.25, 0.3) is 22.3 Å². The van der Waals surface area contributed by atoms with E-state index in [1.54, 1.807) is 38.5 Å². The van der Waals surface area contributed by atoms with Gasteiger partial charge in [-0.2, -0.15) is 0 Å². The number of benzene rings is 3. The summed E-state index contributed by atoms with van der Waals surface area (Å²) in [6.45, 7) is 3.18. The zero-order valence-corrected chi connectivity index (χ0v) is 22.0. The summed E-state index contributed by atoms with van der Waals surface area (Å²) < 4.78 is 56.0. The fourth-order valence-electron chi connectivity index (χ4n) is 5.78. The Labute approximate surface area is 218 Å². The third-order valence-electron chi connectivity index (χ3n) is 7.77. The molecule has 0 aliphatic heterocycles. The van der Waals surface area contributed by atoms with Crippen molar-refractivity contribution in [3.8, 4) is 22.3 Å². The molecule has 4 rings (SSSR count). The molecule has 1 aliphatic carbocycles. The number of methoxy groups -OCH3 is 2. The molecule has 2 nitrogen and oxygen atoms in total. The summed E-state index contributed by atoms with van der Waals surface area (Å²) in [6.07, 6.45) is 6.97. The van der Waals surface area contributed by atoms with E-state index in [2.05, 4.69) is 6.92 Å². The zero-order valence-electron chi connectivity index (χ0n) is 22.0. The summed E-state index contributed by atoms with van der Waals surface area (Å²) in [4.78, 5) is 0. The van der Waals surface area contributed by atoms with Crippen molar-refractivity contribution in [3.05, 3.63) is 83.2 Å². The third-order valence-corrected chi connectivity index (χ3v) is 7.77. The van der Waals surface area contributed by atoms with Crippen molar-refractivity contribution in [1.82, 2.24) is 0 Å². The molecule has 0 saturated heterocycles. The van der Waals surface area contributed by atoms with Crippen LogP contribution in [0.1, 0.15) is 68.4 Å². The Hall–Kier alpha value is -2.63. The summed E-state index contributed by atoms with van der Waals surface area (Å²) >= 11 is 0. The Kier molecular flexibility index (Phi) is 9.44. The molecule has 198 valence electrons. The molecule has 0 heterocycles. The van der Waals surface area contributed by atoms with Crippen LogP contribution in [-0.4, -0.2) is 27.4 Å². The number of rotatable bonds is 10. The number of hydrogen-bond donors (Lipinski definition) is 0. The van der Waals surface area contributed by atoms with Crippen molar-refractivity contribution >= 4 is 0 Å². The summed E-state index contributed by atoms with van der Waals surface area (Å²) in [5, 5.41) is 0. The molecule has 3 aromatic rings. The van der Waals surface area contributed by atoms with Gasteiger partial charge in [-0.15, -0.1) is 0 Å². The molecule has 1 aliphatic rings. The molecule has 0 atom stereocenters. The minimum Gasteiger partial charge on any atom is -0.384 e. The first-order valence-corrected chi connectivity index (χ1v) is 13.3. The van der Waals surface area contributed by atoms with Crippen LogP contribution in [0.5, 0.6) is 0 Å². The van der Waals surface area contributed by atoms with Crippen LogP contribution in [0.15, 0.2) is 54.6 Å². The van der Waals surface area contributed by atoms with E-state index in [1.165, 1.54) is 37.8 Å². The lowest BCUT2D eigenvalue weighted by Gasteiger charge is -2.28. The smallest absolute Gasteiger partial charge is 0.134 e. The summed E-state index contributed by atoms with van der Waals surface area (Å²) in [5.41, 5.74) is 2.66. The molecule has 1 fully saturated rings. The first kappa shape index (κ1) is 27.4. The fraction of sp³-hybridized carbons (Fsp3) is 0.438. The lowest BCUT2D eigenvalue weighted by molar-refractivity contribution is 0.117. The fourth-order valence-corrected chi connectivity index (χ4v) is 5.78. The van der Waals surface area contributed by atoms with Gasteiger partial charge >= 0.3 is 0 Å². The van der Waals surface area contributed by atoms with Gasteiger partial charge in [0.25, 0.3) is 0 Å². The van der Waals surface area contributed by atoms with Crippen molar-refractivity contribution < 1.29 is 22.6 Å². The van der Waals surface area contributed by atoms with Gasteiger partial charge in [0, 0.05) is 25.7 Å². The highest BCUT2D eigenvalue weighted by atomic mass is 19.1. The minimum atomic E-state index is -0.717. The average Bonchev–Trinajstić information content (AvgIpc) is 2.89. The largest absolute Gasteiger partial charge is 0.384 e. The number of halogens is 3. The molecule has 0 amide bonds. The molecule has 0 aromatic heterocycles. The van der Waals surface area contributed by atoms with Gasteiger partial charge in [-0.05, 0) is 78.0 Å². The predicted molar refractivity (Wildman–Crippen MR) is 143 cm³/mol. The van der Waals surface area contributed by atoms with Crippen LogP contribution in [0.4, 0.5) is 13.2 Å². The maximum absolute atomic E-state index is 15.2. The van der Waals surface area contributed by atoms with Crippen LogP contribution < -0.4 is 0 Å². The molecule has 0 bridgehead atoms. The van der Waals surface area contributed by atoms with E-state index >= 15 is 13.2 Å². The Morgan fingerprint density at radius 1 is 0.757 bits per heavy atom. The van der Waals surface area contributed by atoms with Crippen molar-refractivity contribution in [3.63, 3.8) is 0 Å². The van der Waals surface area contributed by atoms with E-state index in [-0.39, 0.29) is 22.6 Å². The molecule has 3 aromatic carbocycles. The van der Waals surface area contributed by atoms with Crippen molar-refractivity contribution in [2.45, 2.75) is 57.3 Å². The van der Waals surface area contributed by atoms with Gasteiger partial charge in [-0.1, -0.05) is 56.2 Å². The molecule has 0 spiro atoms. The van der Waals surface area contributed by atoms with Gasteiger partial charge in [0.2, 0.25) is 0 Å². The maximum atomic E-state index is 15.2. The molecule has 0 radical (unpaired) electrons. The van der Waals surface area contributed by atoms with Gasteiger partial charge in [-0.3, -0.25) is 0 Å². The topological polar surface area (TPSA) is 18.5 Å². The second-order valence-electron chi connectivity index (χ2n) is 10.3. The minimum absolute atomic E-state index is 0.0263. The van der Waals surface area contributed by atoms with Gasteiger partial charge in [0.05, 0.1) is 18.8 Å². The number of ether oxygens (including phenoxy) is 2. The van der Waals surface area contributed by atoms with Crippen molar-refractivity contribution in [1.29, 1.82) is 0 Å². The molecule has 0 unspecified atom stereocenters. The van der Waals surface area contributed by atoms with E-state index < -0.39 is 17.5 Å². The van der Waals surface area contributed by atoms with Crippen LogP contribution in [0, 0.1) is 23.4 Å². The lowest BCUT2D eigenvalue weighted by atomic mass is 9.77. The standard InChI is InChI=1S/C32H37F3O2/c1-4-5-21-6-8-22(9-7-21)25-14-15-28(29(33)16-25)26-17-30(34)32(31(35)18-26)24-12-10-23(11-13-24)27(19-36-2)20-37-3/h10-18,21-22,27H,4-9,19-20H2,1-3H3. The summed E-state index contributed by atoms with van der Waals surface area (Å²) in [7, 11) is 3.25. The van der Waals surface area contributed by atoms with E-state index in [1.807, 2.05) is 18.2 Å². The predicted octanol–water partition coefficient (Wildman–Crippen LogP) is 8.89. The quantitative estimate of drug-likeness (QED) is 0.271. The maximum Gasteiger partial charge on any atom is 0.134 e. The second-order valence-corrected chi connectivity index (χ2v) is 10.3. The van der Waals surface area contributed by atoms with E-state index in [0.717, 1.165) is 29.9 Å². The van der Waals surface area contributed by atoms with Gasteiger partial charge in [0.15, 0.2) is 0 Å². The van der Waals surface area contributed by atoms with Gasteiger partial charge in [0.1, 0.15) is 17.5 Å². The van der Waals surface area contributed by atoms with Crippen LogP contribution in [0.2, 0.25) is 0 Å². The highest BCUT2D eigenvalue weighted by molar-refractivity contribution is 5.72. The van der Waals surface area contributed by atoms with Crippen LogP contribution in [-0.2, 0) is 9.47 Å². The average molecular weight is 511 g/mol. The second kappa shape index (κ2) is 12.7. The highest BCUT2D eigenvalue weighted by Gasteiger charge is 2.23. The molecule has 1 saturated carbocycles. The normalized spacial score (nSPS) is 17.9. The van der Waals surface area contributed by atoms with Crippen LogP contribution >= 0.6 is 0 Å². The monoisotopic (exact) mass is 510 g/mol. The van der Waals surface area contributed by atoms with Gasteiger partial charge < -0.3 is 9.47 Å². The Morgan fingerprint density at radius 3 is 1.92 bits per heavy atom. The highest BCUT2D eigenvalue weighted by Crippen LogP contribution is 2.39. The molecular weight excluding hydrogens is 473 g/mol. The van der Waals surface area contributed by atoms with Crippen molar-refractivity contribution in [2.75, 3.05) is 27.4 Å². The third kappa shape index (κ3) is 6.45. The van der Waals surface area contributed by atoms with Gasteiger partial charge in [-0.25, -0.2) is 13.2 Å². The molecular formula is C32H37F3O2. The van der Waals surface area contributed by atoms with E-state index in [9.17, 15) is 0 Å². The lowest BCUT2D eigenvalue weighted by Crippen LogP contribution is -2.13. The van der Waals surface area contributed by atoms with E-state index in [4.69, 9.17) is 9.47 Å². The summed E-state index contributed by atoms with van der Waals surface area (Å²) in [5.74, 6) is -0.715. The first-order chi connectivity index (χ1) is 17.9. The summed E-state index contributed by atoms with van der Waals surface area (Å²) in [6, 6.07) is 14.6. The molecule has 5 heteroatoms. The zero-order chi connectivity index (χ0) is 26.4.